The molecule has 0 aliphatic heterocycles. The van der Waals surface area contributed by atoms with Crippen molar-refractivity contribution in [3.05, 3.63) is 109 Å². The molecule has 0 saturated heterocycles. The molecule has 0 spiro atoms. The van der Waals surface area contributed by atoms with E-state index in [0.29, 0.717) is 19.6 Å². The number of hydrogen-bond acceptors (Lipinski definition) is 6. The summed E-state index contributed by atoms with van der Waals surface area (Å²) in [5.74, 6) is -0.0366. The maximum Gasteiger partial charge on any atom is 2.00 e. The predicted octanol–water partition coefficient (Wildman–Crippen LogP) is 17.1. The van der Waals surface area contributed by atoms with Crippen LogP contribution in [0.5, 0.6) is 23.0 Å². The minimum Gasteiger partial charge on any atom is -0.872 e. The second kappa shape index (κ2) is 36.2. The van der Waals surface area contributed by atoms with Crippen LogP contribution in [0.15, 0.2) is 92.4 Å². The van der Waals surface area contributed by atoms with Gasteiger partial charge in [0.1, 0.15) is 0 Å². The Morgan fingerprint density at radius 1 is 0.333 bits per heavy atom. The van der Waals surface area contributed by atoms with E-state index in [1.165, 1.54) is 123 Å². The van der Waals surface area contributed by atoms with Crippen molar-refractivity contribution in [2.75, 3.05) is 0 Å². The van der Waals surface area contributed by atoms with Gasteiger partial charge in [0.15, 0.2) is 0 Å². The molecule has 0 aromatic heterocycles. The first kappa shape index (κ1) is 71.5. The Kier molecular flexibility index (Phi) is 37.5. The molecule has 4 aromatic rings. The van der Waals surface area contributed by atoms with Gasteiger partial charge in [0.25, 0.3) is 0 Å². The van der Waals surface area contributed by atoms with E-state index >= 15 is 0 Å². The quantitative estimate of drug-likeness (QED) is 0.0394. The van der Waals surface area contributed by atoms with E-state index in [-0.39, 0.29) is 94.1 Å². The Morgan fingerprint density at radius 3 is 0.667 bits per heavy atom. The molecule has 0 radical (unpaired) electrons. The normalized spacial score (nSPS) is 11.2. The van der Waals surface area contributed by atoms with E-state index in [1.54, 1.807) is 38.1 Å². The van der Waals surface area contributed by atoms with Crippen molar-refractivity contribution < 1.29 is 69.9 Å². The Labute approximate surface area is 462 Å². The number of rotatable bonds is 24. The van der Waals surface area contributed by atoms with Gasteiger partial charge in [0, 0.05) is 19.6 Å². The summed E-state index contributed by atoms with van der Waals surface area (Å²) in [5.41, 5.74) is 4.76. The van der Waals surface area contributed by atoms with E-state index in [2.05, 4.69) is 96.9 Å². The third-order valence-electron chi connectivity index (χ3n) is 13.0. The van der Waals surface area contributed by atoms with E-state index in [9.17, 15) is 20.4 Å². The molecule has 396 valence electrons. The van der Waals surface area contributed by atoms with Gasteiger partial charge < -0.3 is 34.3 Å². The Morgan fingerprint density at radius 2 is 0.507 bits per heavy atom. The molecule has 4 nitrogen and oxygen atoms in total. The molecule has 4 aromatic carbocycles. The van der Waals surface area contributed by atoms with Crippen molar-refractivity contribution >= 4 is 23.5 Å². The molecule has 0 atom stereocenters. The molecular formula is C60H90Ni3O4S2. The van der Waals surface area contributed by atoms with E-state index in [1.807, 2.05) is 48.5 Å². The van der Waals surface area contributed by atoms with Crippen molar-refractivity contribution in [2.45, 2.75) is 241 Å². The van der Waals surface area contributed by atoms with Gasteiger partial charge in [-0.15, -0.1) is 0 Å². The van der Waals surface area contributed by atoms with Crippen LogP contribution in [-0.4, -0.2) is 0 Å². The van der Waals surface area contributed by atoms with Crippen LogP contribution in [0.2, 0.25) is 0 Å². The zero-order valence-electron chi connectivity index (χ0n) is 45.1. The molecule has 0 bridgehead atoms. The van der Waals surface area contributed by atoms with Crippen LogP contribution < -0.4 is 20.4 Å². The molecule has 9 heteroatoms. The predicted molar refractivity (Wildman–Crippen MR) is 283 cm³/mol. The SMILES string of the molecule is CCCCCC(C)(C)c1ccc([O-])c(Sc2cc(C(C)(C)CCCCC)ccc2[O-])c1.CCCCCC(C)(C)c1ccc([O-])c(Sc2cc(C(C)(C)CCCCC)ccc2[O-])c1.[CH2-]C.[CH2-]C.[Ni+2].[Ni+2].[Ni+2]. The average molecular weight is 1120 g/mol. The van der Waals surface area contributed by atoms with Crippen molar-refractivity contribution in [2.24, 2.45) is 0 Å². The third-order valence-corrected chi connectivity index (χ3v) is 15.1. The molecule has 0 aliphatic carbocycles. The summed E-state index contributed by atoms with van der Waals surface area (Å²) < 4.78 is 0. The van der Waals surface area contributed by atoms with Gasteiger partial charge in [-0.1, -0.05) is 255 Å². The summed E-state index contributed by atoms with van der Waals surface area (Å²) in [4.78, 5) is 2.61. The van der Waals surface area contributed by atoms with Gasteiger partial charge in [-0.25, -0.2) is 0 Å². The van der Waals surface area contributed by atoms with Gasteiger partial charge in [0.05, 0.1) is 0 Å². The van der Waals surface area contributed by atoms with Crippen molar-refractivity contribution in [1.82, 2.24) is 0 Å². The average Bonchev–Trinajstić information content (AvgIpc) is 3.28. The van der Waals surface area contributed by atoms with Gasteiger partial charge in [0.2, 0.25) is 0 Å². The Bertz CT molecular complexity index is 1700. The summed E-state index contributed by atoms with van der Waals surface area (Å²) in [6.07, 6.45) is 18.8. The number of unbranched alkanes of at least 4 members (excludes halogenated alkanes) is 8. The van der Waals surface area contributed by atoms with E-state index in [0.717, 1.165) is 25.7 Å². The van der Waals surface area contributed by atoms with E-state index < -0.39 is 0 Å². The van der Waals surface area contributed by atoms with Crippen molar-refractivity contribution in [3.63, 3.8) is 0 Å². The second-order valence-corrected chi connectivity index (χ2v) is 22.4. The zero-order chi connectivity index (χ0) is 50.1. The molecule has 0 aliphatic rings. The van der Waals surface area contributed by atoms with Crippen LogP contribution >= 0.6 is 23.5 Å². The summed E-state index contributed by atoms with van der Waals surface area (Å²) >= 11 is 2.67. The first-order valence-electron chi connectivity index (χ1n) is 25.2. The molecule has 0 saturated carbocycles. The van der Waals surface area contributed by atoms with Crippen LogP contribution in [0.4, 0.5) is 0 Å². The smallest absolute Gasteiger partial charge is 0.872 e. The maximum atomic E-state index is 12.6. The molecule has 69 heavy (non-hydrogen) atoms. The minimum absolute atomic E-state index is 0. The molecule has 0 heterocycles. The number of hydrogen-bond donors (Lipinski definition) is 0. The summed E-state index contributed by atoms with van der Waals surface area (Å²) in [6, 6.07) is 22.6. The van der Waals surface area contributed by atoms with Gasteiger partial charge in [-0.3, -0.25) is 0 Å². The van der Waals surface area contributed by atoms with Crippen LogP contribution in [0.25, 0.3) is 0 Å². The fourth-order valence-corrected chi connectivity index (χ4v) is 10.0. The number of benzene rings is 4. The molecular weight excluding hydrogens is 1020 g/mol. The van der Waals surface area contributed by atoms with Gasteiger partial charge in [-0.05, 0) is 93.9 Å². The summed E-state index contributed by atoms with van der Waals surface area (Å²) in [6.45, 7) is 36.8. The third kappa shape index (κ3) is 24.2. The molecule has 0 unspecified atom stereocenters. The molecule has 0 N–H and O–H groups in total. The molecule has 0 fully saturated rings. The summed E-state index contributed by atoms with van der Waals surface area (Å²) in [7, 11) is 0. The van der Waals surface area contributed by atoms with Crippen LogP contribution in [0.3, 0.4) is 0 Å². The standard InChI is InChI=1S/2C28H42O2S.2C2H5.3Ni/c2*1-7-9-11-17-27(3,4)21-13-15-23(29)25(19-21)31-26-20-22(14-16-24(26)30)28(5,6)18-12-10-8-2;2*1-2;;;/h2*13-16,19-20,29-30H,7-12,17-18H2,1-6H3;2*1H2,2H3;;;/q;;2*-1;3*+2/p-4. The Hall–Kier alpha value is -1.74. The van der Waals surface area contributed by atoms with Crippen LogP contribution in [-0.2, 0) is 71.1 Å². The maximum absolute atomic E-state index is 12.6. The first-order valence-corrected chi connectivity index (χ1v) is 26.9. The zero-order valence-corrected chi connectivity index (χ0v) is 49.7. The fraction of sp³-hybridized carbons (Fsp3) is 0.567. The largest absolute Gasteiger partial charge is 2.00 e. The van der Waals surface area contributed by atoms with Crippen molar-refractivity contribution in [3.8, 4) is 23.0 Å². The van der Waals surface area contributed by atoms with Crippen LogP contribution in [0.1, 0.15) is 222 Å². The molecule has 0 amide bonds. The fourth-order valence-electron chi connectivity index (χ4n) is 8.12. The molecule has 4 rings (SSSR count). The van der Waals surface area contributed by atoms with Crippen LogP contribution in [0, 0.1) is 13.8 Å². The topological polar surface area (TPSA) is 92.2 Å². The van der Waals surface area contributed by atoms with Gasteiger partial charge in [-0.2, -0.15) is 13.8 Å². The second-order valence-electron chi connectivity index (χ2n) is 20.2. The summed E-state index contributed by atoms with van der Waals surface area (Å²) in [5, 5.41) is 50.4. The van der Waals surface area contributed by atoms with Crippen molar-refractivity contribution in [1.29, 1.82) is 0 Å². The first-order chi connectivity index (χ1) is 31.2. The van der Waals surface area contributed by atoms with Gasteiger partial charge >= 0.3 is 49.5 Å². The minimum atomic E-state index is -0.00915. The Balaban J connectivity index is -0.00000113. The van der Waals surface area contributed by atoms with E-state index in [4.69, 9.17) is 0 Å². The monoisotopic (exact) mass is 1110 g/mol.